The maximum atomic E-state index is 12.0. The van der Waals surface area contributed by atoms with Crippen LogP contribution in [0.4, 0.5) is 0 Å². The second kappa shape index (κ2) is 8.28. The molecule has 1 atom stereocenters. The minimum absolute atomic E-state index is 0.331. The first-order valence-corrected chi connectivity index (χ1v) is 10.6. The summed E-state index contributed by atoms with van der Waals surface area (Å²) < 4.78 is 28.7. The number of sulfonamides is 1. The predicted octanol–water partition coefficient (Wildman–Crippen LogP) is 1.94. The number of piperidine rings is 1. The van der Waals surface area contributed by atoms with Gasteiger partial charge < -0.3 is 0 Å². The summed E-state index contributed by atoms with van der Waals surface area (Å²) in [5.74, 6) is 0.331. The zero-order chi connectivity index (χ0) is 18.6. The minimum atomic E-state index is -3.20. The highest BCUT2D eigenvalue weighted by Crippen LogP contribution is 2.21. The van der Waals surface area contributed by atoms with E-state index < -0.39 is 15.3 Å². The molecule has 1 N–H and O–H groups in total. The number of nitrogens with one attached hydrogen (secondary N) is 1. The molecule has 0 aliphatic carbocycles. The number of rotatable bonds is 7. The first kappa shape index (κ1) is 19.0. The molecule has 8 heteroatoms. The van der Waals surface area contributed by atoms with E-state index in [4.69, 9.17) is 0 Å². The van der Waals surface area contributed by atoms with E-state index in [2.05, 4.69) is 19.7 Å². The van der Waals surface area contributed by atoms with Gasteiger partial charge in [0.25, 0.3) is 0 Å². The van der Waals surface area contributed by atoms with E-state index in [0.717, 1.165) is 37.2 Å². The summed E-state index contributed by atoms with van der Waals surface area (Å²) in [4.78, 5) is 6.41. The zero-order valence-electron chi connectivity index (χ0n) is 15.4. The van der Waals surface area contributed by atoms with E-state index in [1.54, 1.807) is 26.2 Å². The van der Waals surface area contributed by atoms with E-state index in [1.165, 1.54) is 0 Å². The Morgan fingerprint density at radius 3 is 2.73 bits per heavy atom. The quantitative estimate of drug-likeness (QED) is 0.798. The third-order valence-electron chi connectivity index (χ3n) is 4.82. The fourth-order valence-corrected chi connectivity index (χ4v) is 4.05. The average Bonchev–Trinajstić information content (AvgIpc) is 3.09. The lowest BCUT2D eigenvalue weighted by Gasteiger charge is -2.33. The molecule has 2 aromatic heterocycles. The van der Waals surface area contributed by atoms with Crippen molar-refractivity contribution in [3.8, 4) is 11.3 Å². The molecule has 0 radical (unpaired) electrons. The highest BCUT2D eigenvalue weighted by molar-refractivity contribution is 7.90. The SMILES string of the molecule is CC(C)S(=O)(=O)NC[C@@H]1CCCN(Cn2nccc2-c2ccncc2)C1. The van der Waals surface area contributed by atoms with Crippen molar-refractivity contribution in [2.45, 2.75) is 38.6 Å². The van der Waals surface area contributed by atoms with E-state index in [0.29, 0.717) is 19.1 Å². The van der Waals surface area contributed by atoms with Gasteiger partial charge >= 0.3 is 0 Å². The van der Waals surface area contributed by atoms with Crippen LogP contribution in [0, 0.1) is 5.92 Å². The van der Waals surface area contributed by atoms with Gasteiger partial charge in [-0.1, -0.05) is 0 Å². The van der Waals surface area contributed by atoms with Crippen molar-refractivity contribution < 1.29 is 8.42 Å². The summed E-state index contributed by atoms with van der Waals surface area (Å²) in [5.41, 5.74) is 2.16. The van der Waals surface area contributed by atoms with Gasteiger partial charge in [0.15, 0.2) is 0 Å². The molecule has 26 heavy (non-hydrogen) atoms. The lowest BCUT2D eigenvalue weighted by Crippen LogP contribution is -2.42. The second-order valence-corrected chi connectivity index (χ2v) is 9.44. The molecule has 7 nitrogen and oxygen atoms in total. The normalized spacial score (nSPS) is 19.1. The fraction of sp³-hybridized carbons (Fsp3) is 0.556. The summed E-state index contributed by atoms with van der Waals surface area (Å²) in [6, 6.07) is 5.97. The van der Waals surface area contributed by atoms with Crippen molar-refractivity contribution in [2.75, 3.05) is 19.6 Å². The van der Waals surface area contributed by atoms with Crippen molar-refractivity contribution in [2.24, 2.45) is 5.92 Å². The van der Waals surface area contributed by atoms with Gasteiger partial charge in [-0.2, -0.15) is 5.10 Å². The van der Waals surface area contributed by atoms with E-state index in [1.807, 2.05) is 29.1 Å². The number of aromatic nitrogens is 3. The smallest absolute Gasteiger partial charge is 0.213 e. The Bertz CT molecular complexity index is 804. The second-order valence-electron chi connectivity index (χ2n) is 7.12. The first-order chi connectivity index (χ1) is 12.5. The molecule has 1 aliphatic rings. The maximum absolute atomic E-state index is 12.0. The lowest BCUT2D eigenvalue weighted by molar-refractivity contribution is 0.134. The lowest BCUT2D eigenvalue weighted by atomic mass is 9.99. The standard InChI is InChI=1S/C18H27N5O2S/c1-15(2)26(24,25)21-12-16-4-3-11-22(13-16)14-23-18(7-10-20-23)17-5-8-19-9-6-17/h5-10,15-16,21H,3-4,11-14H2,1-2H3/t16-/m0/s1. The molecule has 3 rings (SSSR count). The van der Waals surface area contributed by atoms with Crippen LogP contribution in [-0.4, -0.2) is 53.0 Å². The van der Waals surface area contributed by atoms with E-state index in [9.17, 15) is 8.42 Å². The van der Waals surface area contributed by atoms with Crippen LogP contribution < -0.4 is 4.72 Å². The predicted molar refractivity (Wildman–Crippen MR) is 102 cm³/mol. The van der Waals surface area contributed by atoms with Crippen LogP contribution in [0.15, 0.2) is 36.8 Å². The summed E-state index contributed by atoms with van der Waals surface area (Å²) in [6.45, 7) is 6.49. The molecule has 0 unspecified atom stereocenters. The molecule has 2 aromatic rings. The van der Waals surface area contributed by atoms with E-state index in [-0.39, 0.29) is 0 Å². The van der Waals surface area contributed by atoms with Crippen molar-refractivity contribution in [1.29, 1.82) is 0 Å². The molecule has 3 heterocycles. The van der Waals surface area contributed by atoms with Gasteiger partial charge in [-0.05, 0) is 57.4 Å². The Morgan fingerprint density at radius 1 is 1.23 bits per heavy atom. The molecule has 0 aromatic carbocycles. The van der Waals surface area contributed by atoms with Crippen LogP contribution in [0.25, 0.3) is 11.3 Å². The van der Waals surface area contributed by atoms with Gasteiger partial charge in [0.05, 0.1) is 17.6 Å². The molecule has 1 saturated heterocycles. The zero-order valence-corrected chi connectivity index (χ0v) is 16.2. The Labute approximate surface area is 155 Å². The minimum Gasteiger partial charge on any atom is -0.284 e. The largest absolute Gasteiger partial charge is 0.284 e. The Kier molecular flexibility index (Phi) is 6.05. The highest BCUT2D eigenvalue weighted by atomic mass is 32.2. The van der Waals surface area contributed by atoms with E-state index >= 15 is 0 Å². The molecular formula is C18H27N5O2S. The first-order valence-electron chi connectivity index (χ1n) is 9.09. The van der Waals surface area contributed by atoms with Crippen LogP contribution in [0.2, 0.25) is 0 Å². The topological polar surface area (TPSA) is 80.1 Å². The van der Waals surface area contributed by atoms with Gasteiger partial charge in [-0.25, -0.2) is 13.1 Å². The summed E-state index contributed by atoms with van der Waals surface area (Å²) in [7, 11) is -3.20. The molecular weight excluding hydrogens is 350 g/mol. The van der Waals surface area contributed by atoms with Crippen molar-refractivity contribution in [1.82, 2.24) is 24.4 Å². The van der Waals surface area contributed by atoms with Crippen molar-refractivity contribution >= 4 is 10.0 Å². The highest BCUT2D eigenvalue weighted by Gasteiger charge is 2.23. The number of hydrogen-bond acceptors (Lipinski definition) is 5. The van der Waals surface area contributed by atoms with Crippen LogP contribution in [0.1, 0.15) is 26.7 Å². The number of nitrogens with zero attached hydrogens (tertiary/aromatic N) is 4. The Morgan fingerprint density at radius 2 is 2.00 bits per heavy atom. The molecule has 0 amide bonds. The van der Waals surface area contributed by atoms with Gasteiger partial charge in [-0.3, -0.25) is 14.6 Å². The van der Waals surface area contributed by atoms with Crippen LogP contribution >= 0.6 is 0 Å². The summed E-state index contributed by atoms with van der Waals surface area (Å²) >= 11 is 0. The van der Waals surface area contributed by atoms with Gasteiger partial charge in [-0.15, -0.1) is 0 Å². The summed E-state index contributed by atoms with van der Waals surface area (Å²) in [5, 5.41) is 4.07. The Balaban J connectivity index is 1.61. The van der Waals surface area contributed by atoms with Crippen LogP contribution in [0.5, 0.6) is 0 Å². The molecule has 0 saturated carbocycles. The van der Waals surface area contributed by atoms with Crippen molar-refractivity contribution in [3.05, 3.63) is 36.8 Å². The monoisotopic (exact) mass is 377 g/mol. The molecule has 0 spiro atoms. The molecule has 0 bridgehead atoms. The van der Waals surface area contributed by atoms with Gasteiger partial charge in [0, 0.05) is 37.2 Å². The Hall–Kier alpha value is -1.77. The van der Waals surface area contributed by atoms with Crippen molar-refractivity contribution in [3.63, 3.8) is 0 Å². The third kappa shape index (κ3) is 4.69. The molecule has 1 fully saturated rings. The number of likely N-dealkylation sites (tertiary alicyclic amines) is 1. The van der Waals surface area contributed by atoms with Crippen LogP contribution in [-0.2, 0) is 16.7 Å². The maximum Gasteiger partial charge on any atom is 0.213 e. The third-order valence-corrected chi connectivity index (χ3v) is 6.63. The number of hydrogen-bond donors (Lipinski definition) is 1. The average molecular weight is 378 g/mol. The molecule has 142 valence electrons. The van der Waals surface area contributed by atoms with Gasteiger partial charge in [0.2, 0.25) is 10.0 Å². The summed E-state index contributed by atoms with van der Waals surface area (Å²) in [6.07, 6.45) is 7.50. The van der Waals surface area contributed by atoms with Gasteiger partial charge in [0.1, 0.15) is 0 Å². The molecule has 1 aliphatic heterocycles. The fourth-order valence-electron chi connectivity index (χ4n) is 3.25. The van der Waals surface area contributed by atoms with Crippen LogP contribution in [0.3, 0.4) is 0 Å². The number of pyridine rings is 1.